The molecule has 4 nitrogen and oxygen atoms in total. The van der Waals surface area contributed by atoms with Crippen molar-refractivity contribution in [1.29, 1.82) is 0 Å². The first kappa shape index (κ1) is 21.5. The highest BCUT2D eigenvalue weighted by Gasteiger charge is 2.19. The Balaban J connectivity index is 1.52. The van der Waals surface area contributed by atoms with Crippen LogP contribution in [-0.4, -0.2) is 28.9 Å². The zero-order valence-corrected chi connectivity index (χ0v) is 19.0. The molecule has 3 aromatic rings. The van der Waals surface area contributed by atoms with Crippen molar-refractivity contribution in [2.24, 2.45) is 5.92 Å². The van der Waals surface area contributed by atoms with Crippen molar-refractivity contribution in [1.82, 2.24) is 9.88 Å². The summed E-state index contributed by atoms with van der Waals surface area (Å²) in [6, 6.07) is 19.7. The fourth-order valence-corrected chi connectivity index (χ4v) is 4.83. The van der Waals surface area contributed by atoms with Gasteiger partial charge in [-0.05, 0) is 56.0 Å². The molecular weight excluding hydrogens is 402 g/mol. The number of rotatable bonds is 6. The number of hydrogen-bond donors (Lipinski definition) is 1. The first-order chi connectivity index (χ1) is 15.1. The first-order valence-electron chi connectivity index (χ1n) is 10.9. The molecule has 4 rings (SSSR count). The van der Waals surface area contributed by atoms with Crippen LogP contribution in [0.3, 0.4) is 0 Å². The number of benzene rings is 2. The zero-order valence-electron chi connectivity index (χ0n) is 18.2. The molecule has 2 aromatic carbocycles. The molecule has 0 atom stereocenters. The van der Waals surface area contributed by atoms with Crippen LogP contribution in [0.2, 0.25) is 0 Å². The van der Waals surface area contributed by atoms with Crippen LogP contribution in [-0.2, 0) is 11.3 Å². The fraction of sp³-hybridized carbons (Fsp3) is 0.308. The van der Waals surface area contributed by atoms with Gasteiger partial charge < -0.3 is 0 Å². The highest BCUT2D eigenvalue weighted by atomic mass is 32.1. The molecule has 1 aliphatic rings. The lowest BCUT2D eigenvalue weighted by Crippen LogP contribution is -2.32. The van der Waals surface area contributed by atoms with Crippen molar-refractivity contribution >= 4 is 34.0 Å². The smallest absolute Gasteiger partial charge is 0.258 e. The van der Waals surface area contributed by atoms with E-state index in [1.165, 1.54) is 17.7 Å². The summed E-state index contributed by atoms with van der Waals surface area (Å²) in [5.74, 6) is 0.684. The third kappa shape index (κ3) is 5.69. The lowest BCUT2D eigenvalue weighted by molar-refractivity contribution is -0.111. The Bertz CT molecular complexity index is 1040. The number of carbonyl (C=O) groups is 1. The van der Waals surface area contributed by atoms with E-state index in [1.807, 2.05) is 73.7 Å². The van der Waals surface area contributed by atoms with E-state index < -0.39 is 0 Å². The van der Waals surface area contributed by atoms with E-state index in [-0.39, 0.29) is 5.91 Å². The van der Waals surface area contributed by atoms with Gasteiger partial charge in [0.15, 0.2) is 5.13 Å². The molecule has 5 heteroatoms. The van der Waals surface area contributed by atoms with Gasteiger partial charge in [-0.15, -0.1) is 11.3 Å². The summed E-state index contributed by atoms with van der Waals surface area (Å²) >= 11 is 1.59. The highest BCUT2D eigenvalue weighted by molar-refractivity contribution is 7.15. The largest absolute Gasteiger partial charge is 0.298 e. The molecular formula is C26H29N3OS. The molecule has 0 bridgehead atoms. The van der Waals surface area contributed by atoms with Gasteiger partial charge in [0.1, 0.15) is 0 Å². The van der Waals surface area contributed by atoms with Gasteiger partial charge in [-0.1, -0.05) is 67.6 Å². The topological polar surface area (TPSA) is 45.2 Å². The number of piperidine rings is 1. The van der Waals surface area contributed by atoms with Gasteiger partial charge in [0.2, 0.25) is 0 Å². The molecule has 0 unspecified atom stereocenters. The maximum absolute atomic E-state index is 13.2. The van der Waals surface area contributed by atoms with Crippen molar-refractivity contribution in [3.63, 3.8) is 0 Å². The van der Waals surface area contributed by atoms with Crippen LogP contribution in [0.25, 0.3) is 11.6 Å². The lowest BCUT2D eigenvalue weighted by Gasteiger charge is -2.29. The van der Waals surface area contributed by atoms with E-state index >= 15 is 0 Å². The summed E-state index contributed by atoms with van der Waals surface area (Å²) in [5.41, 5.74) is 3.52. The summed E-state index contributed by atoms with van der Waals surface area (Å²) in [6.07, 6.45) is 4.44. The minimum Gasteiger partial charge on any atom is -0.298 e. The summed E-state index contributed by atoms with van der Waals surface area (Å²) in [7, 11) is 0. The Morgan fingerprint density at radius 3 is 2.42 bits per heavy atom. The highest BCUT2D eigenvalue weighted by Crippen LogP contribution is 2.28. The van der Waals surface area contributed by atoms with Crippen molar-refractivity contribution in [3.05, 3.63) is 82.4 Å². The van der Waals surface area contributed by atoms with Crippen LogP contribution in [0.15, 0.2) is 60.7 Å². The number of hydrogen-bond acceptors (Lipinski definition) is 4. The molecule has 1 saturated heterocycles. The minimum absolute atomic E-state index is 0.137. The zero-order chi connectivity index (χ0) is 21.6. The molecule has 0 radical (unpaired) electrons. The standard InChI is InChI=1S/C26H29N3OS/c1-19-13-15-29(16-14-19)18-24-20(2)27-26(31-24)28-25(30)23(22-11-7-4-8-12-22)17-21-9-5-3-6-10-21/h3-12,17,19H,13-16,18H2,1-2H3,(H,27,28,30)/b23-17-. The molecule has 2 heterocycles. The monoisotopic (exact) mass is 431 g/mol. The van der Waals surface area contributed by atoms with Crippen LogP contribution < -0.4 is 5.32 Å². The number of likely N-dealkylation sites (tertiary alicyclic amines) is 1. The van der Waals surface area contributed by atoms with Gasteiger partial charge in [-0.25, -0.2) is 4.98 Å². The molecule has 1 fully saturated rings. The lowest BCUT2D eigenvalue weighted by atomic mass is 9.99. The third-order valence-corrected chi connectivity index (χ3v) is 6.85. The van der Waals surface area contributed by atoms with Crippen LogP contribution in [0.5, 0.6) is 0 Å². The van der Waals surface area contributed by atoms with E-state index in [1.54, 1.807) is 11.3 Å². The van der Waals surface area contributed by atoms with Gasteiger partial charge in [-0.2, -0.15) is 0 Å². The Kier molecular flexibility index (Phi) is 6.95. The molecule has 160 valence electrons. The Labute approximate surface area is 188 Å². The van der Waals surface area contributed by atoms with Crippen molar-refractivity contribution in [2.75, 3.05) is 18.4 Å². The normalized spacial score (nSPS) is 15.7. The molecule has 1 N–H and O–H groups in total. The molecule has 0 spiro atoms. The van der Waals surface area contributed by atoms with Crippen molar-refractivity contribution in [2.45, 2.75) is 33.2 Å². The fourth-order valence-electron chi connectivity index (χ4n) is 3.83. The van der Waals surface area contributed by atoms with Crippen LogP contribution in [0, 0.1) is 12.8 Å². The third-order valence-electron chi connectivity index (χ3n) is 5.80. The molecule has 1 aromatic heterocycles. The number of carbonyl (C=O) groups excluding carboxylic acids is 1. The summed E-state index contributed by atoms with van der Waals surface area (Å²) in [6.45, 7) is 7.55. The summed E-state index contributed by atoms with van der Waals surface area (Å²) in [5, 5.41) is 3.71. The maximum atomic E-state index is 13.2. The van der Waals surface area contributed by atoms with Gasteiger partial charge in [0, 0.05) is 17.0 Å². The van der Waals surface area contributed by atoms with Gasteiger partial charge in [-0.3, -0.25) is 15.0 Å². The number of thiazole rings is 1. The number of amides is 1. The van der Waals surface area contributed by atoms with Gasteiger partial charge in [0.25, 0.3) is 5.91 Å². The number of nitrogens with one attached hydrogen (secondary N) is 1. The van der Waals surface area contributed by atoms with Gasteiger partial charge >= 0.3 is 0 Å². The second kappa shape index (κ2) is 10.0. The number of anilines is 1. The summed E-state index contributed by atoms with van der Waals surface area (Å²) in [4.78, 5) is 21.6. The number of nitrogens with zero attached hydrogens (tertiary/aromatic N) is 2. The predicted molar refractivity (Wildman–Crippen MR) is 130 cm³/mol. The van der Waals surface area contributed by atoms with Crippen LogP contribution in [0.4, 0.5) is 5.13 Å². The van der Waals surface area contributed by atoms with E-state index in [0.29, 0.717) is 10.7 Å². The van der Waals surface area contributed by atoms with Crippen LogP contribution in [0.1, 0.15) is 41.5 Å². The number of aromatic nitrogens is 1. The second-order valence-electron chi connectivity index (χ2n) is 8.28. The average molecular weight is 432 g/mol. The minimum atomic E-state index is -0.137. The maximum Gasteiger partial charge on any atom is 0.258 e. The quantitative estimate of drug-likeness (QED) is 0.393. The Morgan fingerprint density at radius 2 is 1.74 bits per heavy atom. The molecule has 0 aliphatic carbocycles. The molecule has 1 aliphatic heterocycles. The van der Waals surface area contributed by atoms with Crippen LogP contribution >= 0.6 is 11.3 Å². The Hall–Kier alpha value is -2.76. The number of aryl methyl sites for hydroxylation is 1. The summed E-state index contributed by atoms with van der Waals surface area (Å²) < 4.78 is 0. The SMILES string of the molecule is Cc1nc(NC(=O)/C(=C\c2ccccc2)c2ccccc2)sc1CN1CCC(C)CC1. The average Bonchev–Trinajstić information content (AvgIpc) is 3.13. The van der Waals surface area contributed by atoms with Crippen molar-refractivity contribution in [3.8, 4) is 0 Å². The van der Waals surface area contributed by atoms with E-state index in [9.17, 15) is 4.79 Å². The van der Waals surface area contributed by atoms with E-state index in [2.05, 4.69) is 22.1 Å². The molecule has 0 saturated carbocycles. The van der Waals surface area contributed by atoms with Gasteiger partial charge in [0.05, 0.1) is 5.69 Å². The Morgan fingerprint density at radius 1 is 1.10 bits per heavy atom. The predicted octanol–water partition coefficient (Wildman–Crippen LogP) is 5.86. The first-order valence-corrected chi connectivity index (χ1v) is 11.7. The van der Waals surface area contributed by atoms with E-state index in [0.717, 1.165) is 42.4 Å². The molecule has 1 amide bonds. The van der Waals surface area contributed by atoms with E-state index in [4.69, 9.17) is 0 Å². The van der Waals surface area contributed by atoms with Crippen molar-refractivity contribution < 1.29 is 4.79 Å². The second-order valence-corrected chi connectivity index (χ2v) is 9.36. The molecule has 31 heavy (non-hydrogen) atoms.